The summed E-state index contributed by atoms with van der Waals surface area (Å²) in [5.41, 5.74) is 2.35. The van der Waals surface area contributed by atoms with Gasteiger partial charge in [0.1, 0.15) is 29.9 Å². The first-order chi connectivity index (χ1) is 13.7. The third-order valence-corrected chi connectivity index (χ3v) is 4.61. The molecule has 0 aliphatic rings. The lowest BCUT2D eigenvalue weighted by Crippen LogP contribution is -2.28. The predicted molar refractivity (Wildman–Crippen MR) is 106 cm³/mol. The highest BCUT2D eigenvalue weighted by molar-refractivity contribution is 6.30. The Kier molecular flexibility index (Phi) is 5.62. The second-order valence-electron chi connectivity index (χ2n) is 6.29. The van der Waals surface area contributed by atoms with E-state index in [1.54, 1.807) is 6.07 Å². The first kappa shape index (κ1) is 18.6. The molecule has 0 spiro atoms. The van der Waals surface area contributed by atoms with E-state index in [1.165, 1.54) is 6.26 Å². The summed E-state index contributed by atoms with van der Waals surface area (Å²) in [4.78, 5) is 0. The molecule has 2 aromatic carbocycles. The molecule has 0 unspecified atom stereocenters. The van der Waals surface area contributed by atoms with E-state index in [0.29, 0.717) is 29.6 Å². The van der Waals surface area contributed by atoms with Gasteiger partial charge in [-0.15, -0.1) is 0 Å². The van der Waals surface area contributed by atoms with Gasteiger partial charge in [0.25, 0.3) is 0 Å². The summed E-state index contributed by atoms with van der Waals surface area (Å²) >= 11 is 6.02. The maximum atomic E-state index is 9.62. The van der Waals surface area contributed by atoms with Gasteiger partial charge in [-0.05, 0) is 42.0 Å². The number of fused-ring (bicyclic) bond motifs is 1. The van der Waals surface area contributed by atoms with E-state index in [9.17, 15) is 5.11 Å². The van der Waals surface area contributed by atoms with Gasteiger partial charge >= 0.3 is 0 Å². The van der Waals surface area contributed by atoms with Crippen LogP contribution in [-0.4, -0.2) is 30.0 Å². The minimum absolute atomic E-state index is 0.0217. The maximum absolute atomic E-state index is 9.62. The van der Waals surface area contributed by atoms with E-state index in [2.05, 4.69) is 10.5 Å². The first-order valence-corrected chi connectivity index (χ1v) is 9.27. The minimum atomic E-state index is -0.191. The number of aliphatic hydroxyl groups excluding tert-OH is 1. The van der Waals surface area contributed by atoms with Gasteiger partial charge in [0.05, 0.1) is 12.6 Å². The molecule has 0 aliphatic heterocycles. The van der Waals surface area contributed by atoms with Gasteiger partial charge in [-0.25, -0.2) is 0 Å². The van der Waals surface area contributed by atoms with Gasteiger partial charge in [-0.3, -0.25) is 0 Å². The smallest absolute Gasteiger partial charge is 0.157 e. The zero-order valence-electron chi connectivity index (χ0n) is 15.0. The lowest BCUT2D eigenvalue weighted by Gasteiger charge is -2.17. The Morgan fingerprint density at radius 1 is 1.14 bits per heavy atom. The van der Waals surface area contributed by atoms with Gasteiger partial charge in [0.15, 0.2) is 5.76 Å². The van der Waals surface area contributed by atoms with Crippen molar-refractivity contribution in [2.75, 3.05) is 19.8 Å². The Bertz CT molecular complexity index is 1050. The predicted octanol–water partition coefficient (Wildman–Crippen LogP) is 4.44. The summed E-state index contributed by atoms with van der Waals surface area (Å²) in [7, 11) is 0. The van der Waals surface area contributed by atoms with Crippen LogP contribution in [0.5, 0.6) is 5.75 Å². The summed E-state index contributed by atoms with van der Waals surface area (Å²) < 4.78 is 16.4. The number of furan rings is 1. The zero-order valence-corrected chi connectivity index (χ0v) is 15.7. The SMILES string of the molecule is OC[C@H](NCCOc1ccc2oc(-c3ccon3)cc2c1)c1cccc(Cl)c1. The molecule has 2 heterocycles. The van der Waals surface area contributed by atoms with Crippen molar-refractivity contribution >= 4 is 22.6 Å². The number of hydrogen-bond donors (Lipinski definition) is 2. The molecule has 0 saturated carbocycles. The molecule has 0 fully saturated rings. The molecule has 0 saturated heterocycles. The fourth-order valence-electron chi connectivity index (χ4n) is 2.99. The van der Waals surface area contributed by atoms with Crippen LogP contribution in [0.4, 0.5) is 0 Å². The van der Waals surface area contributed by atoms with Gasteiger partial charge in [-0.2, -0.15) is 0 Å². The van der Waals surface area contributed by atoms with Gasteiger partial charge in [0, 0.05) is 23.0 Å². The fraction of sp³-hybridized carbons (Fsp3) is 0.190. The van der Waals surface area contributed by atoms with E-state index >= 15 is 0 Å². The first-order valence-electron chi connectivity index (χ1n) is 8.90. The van der Waals surface area contributed by atoms with Crippen LogP contribution in [0.15, 0.2) is 69.8 Å². The van der Waals surface area contributed by atoms with E-state index in [-0.39, 0.29) is 12.6 Å². The Balaban J connectivity index is 1.35. The van der Waals surface area contributed by atoms with Gasteiger partial charge in [-0.1, -0.05) is 28.9 Å². The van der Waals surface area contributed by atoms with Crippen molar-refractivity contribution in [1.82, 2.24) is 10.5 Å². The maximum Gasteiger partial charge on any atom is 0.157 e. The molecule has 6 nitrogen and oxygen atoms in total. The average Bonchev–Trinajstić information content (AvgIpc) is 3.37. The standard InChI is InChI=1S/C21H19ClN2O4/c22-16-3-1-2-14(10-16)19(13-25)23-7-9-26-17-4-5-20-15(11-17)12-21(28-20)18-6-8-27-24-18/h1-6,8,10-12,19,23,25H,7,9,13H2/t19-/m0/s1. The molecule has 144 valence electrons. The fourth-order valence-corrected chi connectivity index (χ4v) is 3.19. The Hall–Kier alpha value is -2.80. The Labute approximate surface area is 166 Å². The molecule has 7 heteroatoms. The van der Waals surface area contributed by atoms with Crippen LogP contribution < -0.4 is 10.1 Å². The highest BCUT2D eigenvalue weighted by Crippen LogP contribution is 2.29. The normalized spacial score (nSPS) is 12.4. The molecule has 2 aromatic heterocycles. The largest absolute Gasteiger partial charge is 0.492 e. The van der Waals surface area contributed by atoms with Crippen molar-refractivity contribution in [3.8, 4) is 17.2 Å². The molecular formula is C21H19ClN2O4. The molecule has 0 amide bonds. The van der Waals surface area contributed by atoms with Crippen LogP contribution in [-0.2, 0) is 0 Å². The van der Waals surface area contributed by atoms with Crippen LogP contribution in [0.2, 0.25) is 5.02 Å². The highest BCUT2D eigenvalue weighted by Gasteiger charge is 2.11. The Morgan fingerprint density at radius 3 is 2.86 bits per heavy atom. The molecule has 4 rings (SSSR count). The van der Waals surface area contributed by atoms with Crippen molar-refractivity contribution < 1.29 is 18.8 Å². The molecule has 0 radical (unpaired) electrons. The zero-order chi connectivity index (χ0) is 19.3. The molecule has 28 heavy (non-hydrogen) atoms. The van der Waals surface area contributed by atoms with E-state index < -0.39 is 0 Å². The minimum Gasteiger partial charge on any atom is -0.492 e. The van der Waals surface area contributed by atoms with Crippen LogP contribution >= 0.6 is 11.6 Å². The summed E-state index contributed by atoms with van der Waals surface area (Å²) in [5, 5.41) is 18.3. The van der Waals surface area contributed by atoms with E-state index in [1.807, 2.05) is 48.5 Å². The van der Waals surface area contributed by atoms with E-state index in [0.717, 1.165) is 22.3 Å². The van der Waals surface area contributed by atoms with Crippen LogP contribution in [0.3, 0.4) is 0 Å². The monoisotopic (exact) mass is 398 g/mol. The number of hydrogen-bond acceptors (Lipinski definition) is 6. The summed E-state index contributed by atoms with van der Waals surface area (Å²) in [6, 6.07) is 16.6. The van der Waals surface area contributed by atoms with Crippen molar-refractivity contribution in [2.45, 2.75) is 6.04 Å². The molecule has 0 aliphatic carbocycles. The van der Waals surface area contributed by atoms with Gasteiger partial charge in [0.2, 0.25) is 0 Å². The third kappa shape index (κ3) is 4.20. The number of benzene rings is 2. The number of aromatic nitrogens is 1. The second-order valence-corrected chi connectivity index (χ2v) is 6.72. The number of rotatable bonds is 8. The van der Waals surface area contributed by atoms with E-state index in [4.69, 9.17) is 25.3 Å². The number of halogens is 1. The molecule has 0 bridgehead atoms. The van der Waals surface area contributed by atoms with Crippen LogP contribution in [0.25, 0.3) is 22.4 Å². The number of ether oxygens (including phenoxy) is 1. The van der Waals surface area contributed by atoms with Crippen molar-refractivity contribution in [1.29, 1.82) is 0 Å². The second kappa shape index (κ2) is 8.48. The van der Waals surface area contributed by atoms with Crippen molar-refractivity contribution in [3.05, 3.63) is 71.4 Å². The van der Waals surface area contributed by atoms with Crippen molar-refractivity contribution in [3.63, 3.8) is 0 Å². The third-order valence-electron chi connectivity index (χ3n) is 4.37. The summed E-state index contributed by atoms with van der Waals surface area (Å²) in [6.45, 7) is 1.01. The van der Waals surface area contributed by atoms with Crippen LogP contribution in [0, 0.1) is 0 Å². The molecular weight excluding hydrogens is 380 g/mol. The lowest BCUT2D eigenvalue weighted by atomic mass is 10.1. The quantitative estimate of drug-likeness (QED) is 0.427. The van der Waals surface area contributed by atoms with Crippen LogP contribution in [0.1, 0.15) is 11.6 Å². The Morgan fingerprint density at radius 2 is 2.07 bits per heavy atom. The topological polar surface area (TPSA) is 80.7 Å². The average molecular weight is 399 g/mol. The molecule has 4 aromatic rings. The summed E-state index contributed by atoms with van der Waals surface area (Å²) in [5.74, 6) is 1.39. The highest BCUT2D eigenvalue weighted by atomic mass is 35.5. The summed E-state index contributed by atoms with van der Waals surface area (Å²) in [6.07, 6.45) is 1.51. The molecule has 1 atom stereocenters. The number of aliphatic hydroxyl groups is 1. The lowest BCUT2D eigenvalue weighted by molar-refractivity contribution is 0.232. The number of nitrogens with zero attached hydrogens (tertiary/aromatic N) is 1. The van der Waals surface area contributed by atoms with Crippen molar-refractivity contribution in [2.24, 2.45) is 0 Å². The number of nitrogens with one attached hydrogen (secondary N) is 1. The van der Waals surface area contributed by atoms with Gasteiger partial charge < -0.3 is 24.1 Å². The molecule has 2 N–H and O–H groups in total.